The van der Waals surface area contributed by atoms with Crippen molar-refractivity contribution >= 4 is 6.08 Å². The monoisotopic (exact) mass is 255 g/mol. The molecule has 1 aromatic carbocycles. The fourth-order valence-corrected chi connectivity index (χ4v) is 3.24. The van der Waals surface area contributed by atoms with Crippen LogP contribution in [0.15, 0.2) is 36.4 Å². The Labute approximate surface area is 117 Å². The molecule has 1 aromatic rings. The van der Waals surface area contributed by atoms with Crippen LogP contribution >= 0.6 is 0 Å². The Morgan fingerprint density at radius 1 is 1.00 bits per heavy atom. The van der Waals surface area contributed by atoms with Crippen molar-refractivity contribution in [2.24, 2.45) is 11.8 Å². The summed E-state index contributed by atoms with van der Waals surface area (Å²) in [5.74, 6) is 1.94. The Hall–Kier alpha value is -1.08. The van der Waals surface area contributed by atoms with Crippen molar-refractivity contribution in [3.8, 4) is 0 Å². The standard InChI is InChI=1S/C18H25N/c1-3-8-16(9-4-1)10-7-11-17-14-18(17)15-19-12-5-2-6-13-19/h1,3-4,7-10,17-18H,2,5-6,11-15H2/b10-7-. The average Bonchev–Trinajstić information content (AvgIpc) is 3.19. The van der Waals surface area contributed by atoms with Gasteiger partial charge in [0.25, 0.3) is 0 Å². The maximum absolute atomic E-state index is 2.69. The highest BCUT2D eigenvalue weighted by Gasteiger charge is 2.36. The lowest BCUT2D eigenvalue weighted by atomic mass is 10.1. The van der Waals surface area contributed by atoms with Crippen LogP contribution in [0.5, 0.6) is 0 Å². The van der Waals surface area contributed by atoms with Gasteiger partial charge in [0.05, 0.1) is 0 Å². The summed E-state index contributed by atoms with van der Waals surface area (Å²) >= 11 is 0. The van der Waals surface area contributed by atoms with E-state index in [0.29, 0.717) is 0 Å². The smallest absolute Gasteiger partial charge is 0.00125 e. The molecule has 19 heavy (non-hydrogen) atoms. The van der Waals surface area contributed by atoms with Crippen molar-refractivity contribution in [1.82, 2.24) is 4.90 Å². The van der Waals surface area contributed by atoms with Gasteiger partial charge in [0.15, 0.2) is 0 Å². The molecule has 1 aliphatic carbocycles. The van der Waals surface area contributed by atoms with E-state index in [2.05, 4.69) is 47.4 Å². The molecule has 1 saturated carbocycles. The van der Waals surface area contributed by atoms with Crippen molar-refractivity contribution in [2.45, 2.75) is 32.1 Å². The van der Waals surface area contributed by atoms with E-state index in [4.69, 9.17) is 0 Å². The van der Waals surface area contributed by atoms with Gasteiger partial charge in [-0.25, -0.2) is 0 Å². The zero-order valence-electron chi connectivity index (χ0n) is 11.8. The number of rotatable bonds is 5. The molecule has 102 valence electrons. The molecule has 2 unspecified atom stereocenters. The van der Waals surface area contributed by atoms with Gasteiger partial charge in [-0.05, 0) is 56.2 Å². The third-order valence-electron chi connectivity index (χ3n) is 4.56. The summed E-state index contributed by atoms with van der Waals surface area (Å²) in [5, 5.41) is 0. The number of nitrogens with zero attached hydrogens (tertiary/aromatic N) is 1. The fraction of sp³-hybridized carbons (Fsp3) is 0.556. The molecule has 1 aliphatic heterocycles. The lowest BCUT2D eigenvalue weighted by Gasteiger charge is -2.26. The minimum Gasteiger partial charge on any atom is -0.303 e. The van der Waals surface area contributed by atoms with Crippen LogP contribution < -0.4 is 0 Å². The SMILES string of the molecule is C(=C/c1ccccc1)/CC1CC1CN1CCCCC1. The molecule has 1 saturated heterocycles. The number of likely N-dealkylation sites (tertiary alicyclic amines) is 1. The van der Waals surface area contributed by atoms with E-state index < -0.39 is 0 Å². The summed E-state index contributed by atoms with van der Waals surface area (Å²) in [4.78, 5) is 2.69. The second-order valence-electron chi connectivity index (χ2n) is 6.17. The summed E-state index contributed by atoms with van der Waals surface area (Å²) in [5.41, 5.74) is 1.33. The van der Waals surface area contributed by atoms with Crippen molar-refractivity contribution < 1.29 is 0 Å². The first-order chi connectivity index (χ1) is 9.42. The molecule has 1 nitrogen and oxygen atoms in total. The largest absolute Gasteiger partial charge is 0.303 e. The molecule has 3 rings (SSSR count). The van der Waals surface area contributed by atoms with Crippen molar-refractivity contribution in [3.05, 3.63) is 42.0 Å². The quantitative estimate of drug-likeness (QED) is 0.761. The van der Waals surface area contributed by atoms with Gasteiger partial charge in [0.2, 0.25) is 0 Å². The number of hydrogen-bond acceptors (Lipinski definition) is 1. The van der Waals surface area contributed by atoms with E-state index >= 15 is 0 Å². The Morgan fingerprint density at radius 3 is 2.58 bits per heavy atom. The van der Waals surface area contributed by atoms with E-state index in [1.807, 2.05) is 0 Å². The maximum Gasteiger partial charge on any atom is 0.00125 e. The predicted octanol–water partition coefficient (Wildman–Crippen LogP) is 4.21. The molecule has 0 aromatic heterocycles. The van der Waals surface area contributed by atoms with E-state index in [1.54, 1.807) is 0 Å². The molecule has 2 fully saturated rings. The van der Waals surface area contributed by atoms with E-state index in [9.17, 15) is 0 Å². The predicted molar refractivity (Wildman–Crippen MR) is 82.0 cm³/mol. The van der Waals surface area contributed by atoms with Gasteiger partial charge in [-0.15, -0.1) is 0 Å². The van der Waals surface area contributed by atoms with Gasteiger partial charge in [0, 0.05) is 6.54 Å². The number of piperidine rings is 1. The van der Waals surface area contributed by atoms with Crippen LogP contribution in [-0.2, 0) is 0 Å². The third kappa shape index (κ3) is 3.94. The Kier molecular flexibility index (Phi) is 4.34. The first-order valence-electron chi connectivity index (χ1n) is 7.86. The number of hydrogen-bond donors (Lipinski definition) is 0. The summed E-state index contributed by atoms with van der Waals surface area (Å²) < 4.78 is 0. The first kappa shape index (κ1) is 12.9. The Bertz CT molecular complexity index is 403. The van der Waals surface area contributed by atoms with Gasteiger partial charge in [-0.3, -0.25) is 0 Å². The van der Waals surface area contributed by atoms with E-state index in [0.717, 1.165) is 11.8 Å². The molecule has 0 radical (unpaired) electrons. The van der Waals surface area contributed by atoms with Crippen LogP contribution in [0.25, 0.3) is 6.08 Å². The fourth-order valence-electron chi connectivity index (χ4n) is 3.24. The van der Waals surface area contributed by atoms with Crippen LogP contribution in [0.4, 0.5) is 0 Å². The van der Waals surface area contributed by atoms with Gasteiger partial charge >= 0.3 is 0 Å². The summed E-state index contributed by atoms with van der Waals surface area (Å²) in [7, 11) is 0. The zero-order chi connectivity index (χ0) is 12.9. The summed E-state index contributed by atoms with van der Waals surface area (Å²) in [6.07, 6.45) is 11.7. The number of allylic oxidation sites excluding steroid dienone is 1. The topological polar surface area (TPSA) is 3.24 Å². The molecular formula is C18H25N. The Balaban J connectivity index is 1.37. The molecular weight excluding hydrogens is 230 g/mol. The average molecular weight is 255 g/mol. The first-order valence-corrected chi connectivity index (χ1v) is 7.86. The molecule has 0 N–H and O–H groups in total. The van der Waals surface area contributed by atoms with Gasteiger partial charge < -0.3 is 4.90 Å². The minimum atomic E-state index is 0.960. The molecule has 1 heterocycles. The van der Waals surface area contributed by atoms with Crippen LogP contribution in [-0.4, -0.2) is 24.5 Å². The zero-order valence-corrected chi connectivity index (χ0v) is 11.8. The minimum absolute atomic E-state index is 0.960. The van der Waals surface area contributed by atoms with E-state index in [-0.39, 0.29) is 0 Å². The van der Waals surface area contributed by atoms with Crippen LogP contribution in [0, 0.1) is 11.8 Å². The van der Waals surface area contributed by atoms with Crippen LogP contribution in [0.2, 0.25) is 0 Å². The lowest BCUT2D eigenvalue weighted by molar-refractivity contribution is 0.217. The summed E-state index contributed by atoms with van der Waals surface area (Å²) in [6.45, 7) is 4.07. The highest BCUT2D eigenvalue weighted by atomic mass is 15.1. The summed E-state index contributed by atoms with van der Waals surface area (Å²) in [6, 6.07) is 10.6. The van der Waals surface area contributed by atoms with Crippen molar-refractivity contribution in [3.63, 3.8) is 0 Å². The molecule has 0 bridgehead atoms. The highest BCUT2D eigenvalue weighted by Crippen LogP contribution is 2.42. The van der Waals surface area contributed by atoms with E-state index in [1.165, 1.54) is 57.3 Å². The Morgan fingerprint density at radius 2 is 1.79 bits per heavy atom. The molecule has 2 atom stereocenters. The normalized spacial score (nSPS) is 27.8. The third-order valence-corrected chi connectivity index (χ3v) is 4.56. The van der Waals surface area contributed by atoms with Gasteiger partial charge in [-0.2, -0.15) is 0 Å². The van der Waals surface area contributed by atoms with Gasteiger partial charge in [-0.1, -0.05) is 48.9 Å². The number of benzene rings is 1. The molecule has 1 heteroatoms. The van der Waals surface area contributed by atoms with Crippen molar-refractivity contribution in [1.29, 1.82) is 0 Å². The van der Waals surface area contributed by atoms with Crippen LogP contribution in [0.1, 0.15) is 37.7 Å². The second kappa shape index (κ2) is 6.38. The second-order valence-corrected chi connectivity index (χ2v) is 6.17. The van der Waals surface area contributed by atoms with Gasteiger partial charge in [0.1, 0.15) is 0 Å². The molecule has 0 amide bonds. The molecule has 2 aliphatic rings. The molecule has 0 spiro atoms. The van der Waals surface area contributed by atoms with Crippen LogP contribution in [0.3, 0.4) is 0 Å². The maximum atomic E-state index is 2.69. The highest BCUT2D eigenvalue weighted by molar-refractivity contribution is 5.48. The lowest BCUT2D eigenvalue weighted by Crippen LogP contribution is -2.31. The van der Waals surface area contributed by atoms with Crippen molar-refractivity contribution in [2.75, 3.05) is 19.6 Å².